The number of benzene rings is 1. The Morgan fingerprint density at radius 2 is 2.00 bits per heavy atom. The van der Waals surface area contributed by atoms with Crippen LogP contribution in [-0.4, -0.2) is 0 Å². The molecule has 1 aliphatic carbocycles. The first-order valence-electron chi connectivity index (χ1n) is 5.12. The Kier molecular flexibility index (Phi) is 2.22. The quantitative estimate of drug-likeness (QED) is 0.641. The van der Waals surface area contributed by atoms with Gasteiger partial charge in [-0.1, -0.05) is 31.7 Å². The summed E-state index contributed by atoms with van der Waals surface area (Å²) < 4.78 is 0. The highest BCUT2D eigenvalue weighted by Crippen LogP contribution is 2.26. The lowest BCUT2D eigenvalue weighted by Gasteiger charge is -2.07. The van der Waals surface area contributed by atoms with Crippen LogP contribution in [0.5, 0.6) is 0 Å². The molecule has 0 amide bonds. The van der Waals surface area contributed by atoms with Crippen LogP contribution in [0.15, 0.2) is 18.7 Å². The molecule has 0 bridgehead atoms. The Morgan fingerprint density at radius 1 is 1.31 bits per heavy atom. The molecule has 0 fully saturated rings. The van der Waals surface area contributed by atoms with Crippen molar-refractivity contribution in [2.45, 2.75) is 32.6 Å². The molecule has 0 radical (unpaired) electrons. The minimum Gasteiger partial charge on any atom is -0.0985 e. The molecule has 1 aromatic carbocycles. The summed E-state index contributed by atoms with van der Waals surface area (Å²) in [6, 6.07) is 4.70. The maximum absolute atomic E-state index is 3.87. The summed E-state index contributed by atoms with van der Waals surface area (Å²) >= 11 is 0. The van der Waals surface area contributed by atoms with Gasteiger partial charge in [0.1, 0.15) is 0 Å². The van der Waals surface area contributed by atoms with Crippen molar-refractivity contribution < 1.29 is 0 Å². The van der Waals surface area contributed by atoms with Gasteiger partial charge in [-0.05, 0) is 47.9 Å². The van der Waals surface area contributed by atoms with Gasteiger partial charge in [0, 0.05) is 0 Å². The SMILES string of the molecule is C=Cc1cc2c(cc1CC)CCC2. The second-order valence-electron chi connectivity index (χ2n) is 3.73. The summed E-state index contributed by atoms with van der Waals surface area (Å²) in [7, 11) is 0. The van der Waals surface area contributed by atoms with Crippen LogP contribution >= 0.6 is 0 Å². The predicted molar refractivity (Wildman–Crippen MR) is 57.9 cm³/mol. The van der Waals surface area contributed by atoms with E-state index in [0.29, 0.717) is 0 Å². The molecule has 1 aromatic rings. The van der Waals surface area contributed by atoms with Gasteiger partial charge in [-0.15, -0.1) is 0 Å². The van der Waals surface area contributed by atoms with E-state index < -0.39 is 0 Å². The molecule has 0 atom stereocenters. The fourth-order valence-electron chi connectivity index (χ4n) is 2.19. The Hall–Kier alpha value is -1.04. The lowest BCUT2D eigenvalue weighted by atomic mass is 9.98. The van der Waals surface area contributed by atoms with Crippen molar-refractivity contribution in [3.8, 4) is 0 Å². The van der Waals surface area contributed by atoms with E-state index in [0.717, 1.165) is 6.42 Å². The summed E-state index contributed by atoms with van der Waals surface area (Å²) in [5.41, 5.74) is 5.91. The van der Waals surface area contributed by atoms with E-state index in [1.54, 1.807) is 11.1 Å². The lowest BCUT2D eigenvalue weighted by molar-refractivity contribution is 0.911. The molecule has 0 heterocycles. The summed E-state index contributed by atoms with van der Waals surface area (Å²) in [5.74, 6) is 0. The van der Waals surface area contributed by atoms with Crippen LogP contribution in [0, 0.1) is 0 Å². The Labute approximate surface area is 80.3 Å². The molecule has 0 spiro atoms. The van der Waals surface area contributed by atoms with Crippen molar-refractivity contribution in [2.75, 3.05) is 0 Å². The second kappa shape index (κ2) is 3.37. The molecule has 0 N–H and O–H groups in total. The molecular formula is C13H16. The zero-order chi connectivity index (χ0) is 9.26. The van der Waals surface area contributed by atoms with Crippen molar-refractivity contribution >= 4 is 6.08 Å². The number of fused-ring (bicyclic) bond motifs is 1. The number of rotatable bonds is 2. The standard InChI is InChI=1S/C13H16/c1-3-10-8-12-6-5-7-13(12)9-11(10)4-2/h3,8-9H,1,4-7H2,2H3. The third-order valence-electron chi connectivity index (χ3n) is 2.95. The van der Waals surface area contributed by atoms with Crippen LogP contribution in [0.4, 0.5) is 0 Å². The lowest BCUT2D eigenvalue weighted by Crippen LogP contribution is -1.91. The molecule has 0 aliphatic heterocycles. The summed E-state index contributed by atoms with van der Waals surface area (Å²) in [4.78, 5) is 0. The van der Waals surface area contributed by atoms with Crippen molar-refractivity contribution in [1.82, 2.24) is 0 Å². The van der Waals surface area contributed by atoms with Gasteiger partial charge < -0.3 is 0 Å². The molecule has 0 saturated heterocycles. The fraction of sp³-hybridized carbons (Fsp3) is 0.385. The summed E-state index contributed by atoms with van der Waals surface area (Å²) in [6.45, 7) is 6.08. The van der Waals surface area contributed by atoms with Crippen LogP contribution in [0.2, 0.25) is 0 Å². The minimum absolute atomic E-state index is 1.12. The van der Waals surface area contributed by atoms with E-state index in [4.69, 9.17) is 0 Å². The minimum atomic E-state index is 1.12. The monoisotopic (exact) mass is 172 g/mol. The van der Waals surface area contributed by atoms with Crippen LogP contribution < -0.4 is 0 Å². The molecular weight excluding hydrogens is 156 g/mol. The van der Waals surface area contributed by atoms with Crippen LogP contribution in [0.1, 0.15) is 35.6 Å². The highest BCUT2D eigenvalue weighted by Gasteiger charge is 2.12. The van der Waals surface area contributed by atoms with E-state index >= 15 is 0 Å². The molecule has 0 nitrogen and oxygen atoms in total. The summed E-state index contributed by atoms with van der Waals surface area (Å²) in [5, 5.41) is 0. The Morgan fingerprint density at radius 3 is 2.62 bits per heavy atom. The van der Waals surface area contributed by atoms with Gasteiger partial charge in [0.25, 0.3) is 0 Å². The highest BCUT2D eigenvalue weighted by molar-refractivity contribution is 5.56. The van der Waals surface area contributed by atoms with E-state index in [-0.39, 0.29) is 0 Å². The van der Waals surface area contributed by atoms with E-state index in [1.807, 2.05) is 6.08 Å². The first kappa shape index (κ1) is 8.55. The topological polar surface area (TPSA) is 0 Å². The maximum atomic E-state index is 3.87. The van der Waals surface area contributed by atoms with E-state index in [1.165, 1.54) is 30.4 Å². The second-order valence-corrected chi connectivity index (χ2v) is 3.73. The number of hydrogen-bond acceptors (Lipinski definition) is 0. The van der Waals surface area contributed by atoms with Crippen LogP contribution in [0.3, 0.4) is 0 Å². The first-order chi connectivity index (χ1) is 6.35. The molecule has 0 unspecified atom stereocenters. The third-order valence-corrected chi connectivity index (χ3v) is 2.95. The maximum Gasteiger partial charge on any atom is -0.0228 e. The van der Waals surface area contributed by atoms with Gasteiger partial charge in [-0.3, -0.25) is 0 Å². The Balaban J connectivity index is 2.53. The van der Waals surface area contributed by atoms with Gasteiger partial charge in [0.05, 0.1) is 0 Å². The molecule has 13 heavy (non-hydrogen) atoms. The predicted octanol–water partition coefficient (Wildman–Crippen LogP) is 3.38. The first-order valence-corrected chi connectivity index (χ1v) is 5.12. The van der Waals surface area contributed by atoms with Crippen molar-refractivity contribution in [2.24, 2.45) is 0 Å². The molecule has 0 aromatic heterocycles. The van der Waals surface area contributed by atoms with Crippen molar-refractivity contribution in [3.05, 3.63) is 41.0 Å². The summed E-state index contributed by atoms with van der Waals surface area (Å²) in [6.07, 6.45) is 6.98. The van der Waals surface area contributed by atoms with Gasteiger partial charge >= 0.3 is 0 Å². The fourth-order valence-corrected chi connectivity index (χ4v) is 2.19. The van der Waals surface area contributed by atoms with Crippen LogP contribution in [-0.2, 0) is 19.3 Å². The highest BCUT2D eigenvalue weighted by atomic mass is 14.2. The largest absolute Gasteiger partial charge is 0.0985 e. The third kappa shape index (κ3) is 1.41. The van der Waals surface area contributed by atoms with Crippen molar-refractivity contribution in [3.63, 3.8) is 0 Å². The van der Waals surface area contributed by atoms with Crippen molar-refractivity contribution in [1.29, 1.82) is 0 Å². The normalized spacial score (nSPS) is 14.2. The molecule has 2 rings (SSSR count). The number of aryl methyl sites for hydroxylation is 3. The van der Waals surface area contributed by atoms with Gasteiger partial charge in [-0.25, -0.2) is 0 Å². The Bertz CT molecular complexity index is 334. The molecule has 1 aliphatic rings. The molecule has 68 valence electrons. The van der Waals surface area contributed by atoms with E-state index in [9.17, 15) is 0 Å². The zero-order valence-electron chi connectivity index (χ0n) is 8.27. The van der Waals surface area contributed by atoms with Gasteiger partial charge in [0.15, 0.2) is 0 Å². The average Bonchev–Trinajstić information content (AvgIpc) is 2.62. The molecule has 0 saturated carbocycles. The van der Waals surface area contributed by atoms with Gasteiger partial charge in [-0.2, -0.15) is 0 Å². The van der Waals surface area contributed by atoms with Gasteiger partial charge in [0.2, 0.25) is 0 Å². The average molecular weight is 172 g/mol. The van der Waals surface area contributed by atoms with E-state index in [2.05, 4.69) is 25.6 Å². The zero-order valence-corrected chi connectivity index (χ0v) is 8.27. The smallest absolute Gasteiger partial charge is 0.0228 e. The van der Waals surface area contributed by atoms with Crippen LogP contribution in [0.25, 0.3) is 6.08 Å². The molecule has 0 heteroatoms. The number of hydrogen-bond donors (Lipinski definition) is 0.